The second-order valence-electron chi connectivity index (χ2n) is 7.51. The van der Waals surface area contributed by atoms with Gasteiger partial charge in [-0.15, -0.1) is 0 Å². The molecule has 1 fully saturated rings. The smallest absolute Gasteiger partial charge is 0.266 e. The number of aromatic nitrogens is 1. The van der Waals surface area contributed by atoms with Crippen LogP contribution in [0.1, 0.15) is 17.9 Å². The number of thiazole rings is 1. The van der Waals surface area contributed by atoms with Crippen LogP contribution in [0.3, 0.4) is 0 Å². The molecule has 33 heavy (non-hydrogen) atoms. The maximum atomic E-state index is 14.7. The molecule has 176 valence electrons. The number of piperidine rings is 1. The van der Waals surface area contributed by atoms with E-state index in [4.69, 9.17) is 27.9 Å². The molecule has 4 rings (SSSR count). The van der Waals surface area contributed by atoms with Crippen molar-refractivity contribution in [1.29, 1.82) is 0 Å². The SMILES string of the molecule is O=S(=O)(Nc1ncc(Cl)s1)c1cc(F)c(OC[C@H]2CNCC[C@@H]2c2ccc(Cl)cc2)cc1F. The van der Waals surface area contributed by atoms with Crippen LogP contribution >= 0.6 is 34.5 Å². The molecule has 0 unspecified atom stereocenters. The van der Waals surface area contributed by atoms with Crippen LogP contribution in [0.4, 0.5) is 13.9 Å². The number of hydrogen-bond acceptors (Lipinski definition) is 6. The first-order valence-corrected chi connectivity index (χ1v) is 13.0. The average molecular weight is 534 g/mol. The van der Waals surface area contributed by atoms with Gasteiger partial charge in [0, 0.05) is 29.6 Å². The molecule has 1 saturated heterocycles. The van der Waals surface area contributed by atoms with Crippen LogP contribution in [0.5, 0.6) is 5.75 Å². The zero-order chi connectivity index (χ0) is 23.6. The lowest BCUT2D eigenvalue weighted by Gasteiger charge is -2.32. The molecule has 0 bridgehead atoms. The highest BCUT2D eigenvalue weighted by Gasteiger charge is 2.28. The Balaban J connectivity index is 1.49. The minimum atomic E-state index is -4.41. The molecular formula is C21H19Cl2F2N3O3S2. The Bertz CT molecular complexity index is 1240. The molecule has 0 amide bonds. The van der Waals surface area contributed by atoms with Gasteiger partial charge in [-0.3, -0.25) is 4.72 Å². The largest absolute Gasteiger partial charge is 0.490 e. The van der Waals surface area contributed by atoms with Crippen LogP contribution in [-0.2, 0) is 10.0 Å². The Kier molecular flexibility index (Phi) is 7.40. The number of hydrogen-bond donors (Lipinski definition) is 2. The quantitative estimate of drug-likeness (QED) is 0.430. The van der Waals surface area contributed by atoms with E-state index in [-0.39, 0.29) is 33.7 Å². The second kappa shape index (κ2) is 10.1. The number of halogens is 4. The van der Waals surface area contributed by atoms with Gasteiger partial charge in [0.1, 0.15) is 15.0 Å². The van der Waals surface area contributed by atoms with E-state index in [1.165, 1.54) is 6.20 Å². The topological polar surface area (TPSA) is 80.3 Å². The molecule has 6 nitrogen and oxygen atoms in total. The lowest BCUT2D eigenvalue weighted by atomic mass is 9.81. The minimum Gasteiger partial charge on any atom is -0.490 e. The molecule has 0 radical (unpaired) electrons. The maximum Gasteiger partial charge on any atom is 0.266 e. The molecule has 1 aliphatic rings. The summed E-state index contributed by atoms with van der Waals surface area (Å²) in [5, 5.41) is 3.87. The van der Waals surface area contributed by atoms with E-state index in [9.17, 15) is 17.2 Å². The molecule has 2 heterocycles. The zero-order valence-corrected chi connectivity index (χ0v) is 20.2. The van der Waals surface area contributed by atoms with E-state index in [2.05, 4.69) is 15.0 Å². The Labute approximate surface area is 204 Å². The minimum absolute atomic E-state index is 0.00196. The molecule has 1 aromatic heterocycles. The van der Waals surface area contributed by atoms with Crippen LogP contribution in [0, 0.1) is 17.6 Å². The van der Waals surface area contributed by atoms with Crippen molar-refractivity contribution in [2.24, 2.45) is 5.92 Å². The molecular weight excluding hydrogens is 515 g/mol. The summed E-state index contributed by atoms with van der Waals surface area (Å²) in [7, 11) is -4.41. The van der Waals surface area contributed by atoms with Crippen LogP contribution in [0.2, 0.25) is 9.36 Å². The predicted octanol–water partition coefficient (Wildman–Crippen LogP) is 5.30. The highest BCUT2D eigenvalue weighted by molar-refractivity contribution is 7.93. The molecule has 12 heteroatoms. The Morgan fingerprint density at radius 1 is 1.18 bits per heavy atom. The highest BCUT2D eigenvalue weighted by Crippen LogP contribution is 2.33. The second-order valence-corrected chi connectivity index (χ2v) is 11.3. The predicted molar refractivity (Wildman–Crippen MR) is 125 cm³/mol. The Hall–Kier alpha value is -1.98. The van der Waals surface area contributed by atoms with Crippen LogP contribution < -0.4 is 14.8 Å². The third-order valence-electron chi connectivity index (χ3n) is 5.33. The molecule has 0 spiro atoms. The average Bonchev–Trinajstić information content (AvgIpc) is 3.18. The van der Waals surface area contributed by atoms with Crippen molar-refractivity contribution in [1.82, 2.24) is 10.3 Å². The van der Waals surface area contributed by atoms with Crippen molar-refractivity contribution in [3.05, 3.63) is 69.2 Å². The van der Waals surface area contributed by atoms with Gasteiger partial charge in [-0.25, -0.2) is 22.2 Å². The first-order valence-electron chi connectivity index (χ1n) is 9.95. The summed E-state index contributed by atoms with van der Waals surface area (Å²) < 4.78 is 62.2. The van der Waals surface area contributed by atoms with E-state index in [0.29, 0.717) is 17.6 Å². The summed E-state index contributed by atoms with van der Waals surface area (Å²) in [5.74, 6) is -2.32. The van der Waals surface area contributed by atoms with E-state index >= 15 is 0 Å². The molecule has 0 aliphatic carbocycles. The summed E-state index contributed by atoms with van der Waals surface area (Å²) >= 11 is 12.6. The number of anilines is 1. The number of ether oxygens (including phenoxy) is 1. The lowest BCUT2D eigenvalue weighted by Crippen LogP contribution is -2.38. The van der Waals surface area contributed by atoms with Gasteiger partial charge in [0.2, 0.25) is 0 Å². The van der Waals surface area contributed by atoms with Gasteiger partial charge in [0.25, 0.3) is 10.0 Å². The highest BCUT2D eigenvalue weighted by atomic mass is 35.5. The summed E-state index contributed by atoms with van der Waals surface area (Å²) in [6.45, 7) is 1.60. The van der Waals surface area contributed by atoms with Crippen LogP contribution in [0.15, 0.2) is 47.5 Å². The summed E-state index contributed by atoms with van der Waals surface area (Å²) in [6.07, 6.45) is 2.10. The molecule has 2 atom stereocenters. The van der Waals surface area contributed by atoms with Crippen LogP contribution in [-0.4, -0.2) is 33.1 Å². The molecule has 2 aromatic carbocycles. The number of nitrogens with one attached hydrogen (secondary N) is 2. The van der Waals surface area contributed by atoms with Gasteiger partial charge in [0.05, 0.1) is 12.8 Å². The summed E-state index contributed by atoms with van der Waals surface area (Å²) in [5.41, 5.74) is 1.09. The van der Waals surface area contributed by atoms with Crippen molar-refractivity contribution in [2.75, 3.05) is 24.4 Å². The Morgan fingerprint density at radius 2 is 1.94 bits per heavy atom. The summed E-state index contributed by atoms with van der Waals surface area (Å²) in [4.78, 5) is 2.91. The fraction of sp³-hybridized carbons (Fsp3) is 0.286. The molecule has 3 aromatic rings. The van der Waals surface area contributed by atoms with E-state index < -0.39 is 26.6 Å². The molecule has 1 aliphatic heterocycles. The van der Waals surface area contributed by atoms with Crippen molar-refractivity contribution in [3.63, 3.8) is 0 Å². The van der Waals surface area contributed by atoms with Crippen molar-refractivity contribution < 1.29 is 21.9 Å². The number of rotatable bonds is 7. The van der Waals surface area contributed by atoms with Crippen molar-refractivity contribution in [2.45, 2.75) is 17.2 Å². The van der Waals surface area contributed by atoms with Crippen molar-refractivity contribution >= 4 is 49.7 Å². The Morgan fingerprint density at radius 3 is 2.64 bits per heavy atom. The fourth-order valence-electron chi connectivity index (χ4n) is 3.74. The van der Waals surface area contributed by atoms with Gasteiger partial charge in [0.15, 0.2) is 16.7 Å². The van der Waals surface area contributed by atoms with Crippen molar-refractivity contribution in [3.8, 4) is 5.75 Å². The lowest BCUT2D eigenvalue weighted by molar-refractivity contribution is 0.190. The van der Waals surface area contributed by atoms with Gasteiger partial charge >= 0.3 is 0 Å². The third kappa shape index (κ3) is 5.75. The van der Waals surface area contributed by atoms with Gasteiger partial charge in [-0.05, 0) is 36.6 Å². The summed E-state index contributed by atoms with van der Waals surface area (Å²) in [6, 6.07) is 8.88. The number of nitrogens with zero attached hydrogens (tertiary/aromatic N) is 1. The van der Waals surface area contributed by atoms with E-state index in [1.54, 1.807) is 0 Å². The third-order valence-corrected chi connectivity index (χ3v) is 8.10. The van der Waals surface area contributed by atoms with Crippen LogP contribution in [0.25, 0.3) is 0 Å². The normalized spacial score (nSPS) is 18.8. The standard InChI is InChI=1S/C21H19Cl2F2N3O3S2/c22-14-3-1-12(2-4-14)15-5-6-26-9-13(15)11-31-18-7-17(25)19(8-16(18)24)33(29,30)28-21-27-10-20(23)32-21/h1-4,7-8,10,13,15,26H,5-6,9,11H2,(H,27,28)/t13-,15-/m1/s1. The van der Waals surface area contributed by atoms with Gasteiger partial charge in [-0.2, -0.15) is 0 Å². The zero-order valence-electron chi connectivity index (χ0n) is 17.0. The van der Waals surface area contributed by atoms with E-state index in [1.807, 2.05) is 24.3 Å². The number of sulfonamides is 1. The van der Waals surface area contributed by atoms with E-state index in [0.717, 1.165) is 35.9 Å². The van der Waals surface area contributed by atoms with Gasteiger partial charge < -0.3 is 10.1 Å². The van der Waals surface area contributed by atoms with Gasteiger partial charge in [-0.1, -0.05) is 46.7 Å². The first kappa shape index (κ1) is 24.2. The molecule has 0 saturated carbocycles. The fourth-order valence-corrected chi connectivity index (χ4v) is 5.99. The first-order chi connectivity index (χ1) is 15.7. The monoisotopic (exact) mass is 533 g/mol. The molecule has 2 N–H and O–H groups in total. The number of benzene rings is 2. The maximum absolute atomic E-state index is 14.7.